The van der Waals surface area contributed by atoms with Gasteiger partial charge in [-0.2, -0.15) is 18.3 Å². The van der Waals surface area contributed by atoms with E-state index in [4.69, 9.17) is 4.74 Å². The molecule has 0 radical (unpaired) electrons. The molecule has 10 heteroatoms. The second-order valence-corrected chi connectivity index (χ2v) is 9.09. The van der Waals surface area contributed by atoms with E-state index in [2.05, 4.69) is 27.5 Å². The molecule has 2 heterocycles. The number of hydrogen-bond acceptors (Lipinski definition) is 5. The quantitative estimate of drug-likeness (QED) is 0.446. The summed E-state index contributed by atoms with van der Waals surface area (Å²) in [4.78, 5) is 27.8. The highest BCUT2D eigenvalue weighted by atomic mass is 19.4. The molecule has 0 atom stereocenters. The SMILES string of the molecule is CC(=O)OCC1CCC(c2ccc(-c3ccc(NC(=O)c4cn(C)nc4C(F)(F)F)cn3)cc2)CC1. The number of aryl methyl sites for hydroxylation is 1. The van der Waals surface area contributed by atoms with E-state index in [0.717, 1.165) is 42.1 Å². The summed E-state index contributed by atoms with van der Waals surface area (Å²) in [5, 5.41) is 5.81. The Balaban J connectivity index is 1.36. The normalized spacial score (nSPS) is 18.0. The summed E-state index contributed by atoms with van der Waals surface area (Å²) < 4.78 is 45.5. The number of carbonyl (C=O) groups excluding carboxylic acids is 2. The number of nitrogens with zero attached hydrogens (tertiary/aromatic N) is 3. The van der Waals surface area contributed by atoms with Gasteiger partial charge < -0.3 is 10.1 Å². The van der Waals surface area contributed by atoms with Gasteiger partial charge in [0.25, 0.3) is 5.91 Å². The van der Waals surface area contributed by atoms with Crippen LogP contribution in [0, 0.1) is 5.92 Å². The van der Waals surface area contributed by atoms with Crippen molar-refractivity contribution in [2.45, 2.75) is 44.7 Å². The summed E-state index contributed by atoms with van der Waals surface area (Å²) in [6.45, 7) is 1.93. The Bertz CT molecular complexity index is 1210. The molecule has 1 fully saturated rings. The number of alkyl halides is 3. The van der Waals surface area contributed by atoms with Crippen LogP contribution in [0.25, 0.3) is 11.3 Å². The van der Waals surface area contributed by atoms with E-state index >= 15 is 0 Å². The Hall–Kier alpha value is -3.69. The smallest absolute Gasteiger partial charge is 0.435 e. The fourth-order valence-corrected chi connectivity index (χ4v) is 4.52. The van der Waals surface area contributed by atoms with Crippen molar-refractivity contribution in [3.63, 3.8) is 0 Å². The van der Waals surface area contributed by atoms with E-state index in [1.807, 2.05) is 12.1 Å². The molecule has 7 nitrogen and oxygen atoms in total. The van der Waals surface area contributed by atoms with Crippen molar-refractivity contribution in [2.24, 2.45) is 13.0 Å². The van der Waals surface area contributed by atoms with Crippen LogP contribution in [0.4, 0.5) is 18.9 Å². The number of hydrogen-bond donors (Lipinski definition) is 1. The van der Waals surface area contributed by atoms with Gasteiger partial charge in [-0.3, -0.25) is 19.3 Å². The van der Waals surface area contributed by atoms with E-state index in [-0.39, 0.29) is 11.7 Å². The van der Waals surface area contributed by atoms with Gasteiger partial charge in [-0.05, 0) is 55.2 Å². The number of nitrogens with one attached hydrogen (secondary N) is 1. The van der Waals surface area contributed by atoms with E-state index in [1.165, 1.54) is 25.7 Å². The fourth-order valence-electron chi connectivity index (χ4n) is 4.52. The summed E-state index contributed by atoms with van der Waals surface area (Å²) in [6, 6.07) is 11.5. The fraction of sp³-hybridized carbons (Fsp3) is 0.385. The van der Waals surface area contributed by atoms with Crippen LogP contribution in [0.3, 0.4) is 0 Å². The monoisotopic (exact) mass is 500 g/mol. The number of pyridine rings is 1. The van der Waals surface area contributed by atoms with Crippen LogP contribution in [0.15, 0.2) is 48.8 Å². The molecule has 1 saturated carbocycles. The lowest BCUT2D eigenvalue weighted by Gasteiger charge is -2.28. The van der Waals surface area contributed by atoms with Gasteiger partial charge in [0.05, 0.1) is 29.7 Å². The zero-order valence-electron chi connectivity index (χ0n) is 20.0. The van der Waals surface area contributed by atoms with E-state index < -0.39 is 23.3 Å². The lowest BCUT2D eigenvalue weighted by molar-refractivity contribution is -0.143. The summed E-state index contributed by atoms with van der Waals surface area (Å²) in [7, 11) is 1.32. The molecule has 0 aliphatic heterocycles. The molecule has 2 aromatic heterocycles. The first-order valence-corrected chi connectivity index (χ1v) is 11.7. The Morgan fingerprint density at radius 3 is 2.36 bits per heavy atom. The molecule has 1 N–H and O–H groups in total. The minimum Gasteiger partial charge on any atom is -0.466 e. The van der Waals surface area contributed by atoms with Gasteiger partial charge in [0, 0.05) is 25.7 Å². The first-order valence-electron chi connectivity index (χ1n) is 11.7. The van der Waals surface area contributed by atoms with Gasteiger partial charge in [0.1, 0.15) is 0 Å². The number of esters is 1. The summed E-state index contributed by atoms with van der Waals surface area (Å²) in [6.07, 6.45) is 1.86. The molecule has 0 unspecified atom stereocenters. The number of rotatable bonds is 6. The number of anilines is 1. The van der Waals surface area contributed by atoms with Crippen molar-refractivity contribution in [3.05, 3.63) is 65.6 Å². The van der Waals surface area contributed by atoms with Crippen LogP contribution in [-0.4, -0.2) is 33.2 Å². The number of ether oxygens (including phenoxy) is 1. The third-order valence-electron chi connectivity index (χ3n) is 6.41. The van der Waals surface area contributed by atoms with Crippen LogP contribution < -0.4 is 5.32 Å². The largest absolute Gasteiger partial charge is 0.466 e. The molecule has 190 valence electrons. The Labute approximate surface area is 206 Å². The molecule has 1 amide bonds. The molecule has 36 heavy (non-hydrogen) atoms. The van der Waals surface area contributed by atoms with Crippen LogP contribution in [0.1, 0.15) is 60.1 Å². The highest BCUT2D eigenvalue weighted by Crippen LogP contribution is 2.36. The van der Waals surface area contributed by atoms with Crippen LogP contribution >= 0.6 is 0 Å². The Morgan fingerprint density at radius 1 is 1.08 bits per heavy atom. The van der Waals surface area contributed by atoms with E-state index in [0.29, 0.717) is 24.1 Å². The first-order chi connectivity index (χ1) is 17.1. The number of halogens is 3. The average Bonchev–Trinajstić information content (AvgIpc) is 3.26. The third-order valence-corrected chi connectivity index (χ3v) is 6.41. The van der Waals surface area contributed by atoms with Gasteiger partial charge >= 0.3 is 12.1 Å². The van der Waals surface area contributed by atoms with Gasteiger partial charge in [-0.1, -0.05) is 24.3 Å². The second-order valence-electron chi connectivity index (χ2n) is 9.09. The lowest BCUT2D eigenvalue weighted by atomic mass is 9.79. The lowest BCUT2D eigenvalue weighted by Crippen LogP contribution is -2.19. The van der Waals surface area contributed by atoms with Crippen molar-refractivity contribution in [1.29, 1.82) is 0 Å². The number of amides is 1. The standard InChI is InChI=1S/C26H27F3N4O3/c1-16(34)36-15-17-3-5-18(6-4-17)19-7-9-20(10-8-19)23-12-11-21(13-30-23)31-25(35)22-14-33(2)32-24(22)26(27,28)29/h7-14,17-18H,3-6,15H2,1-2H3,(H,31,35). The maximum absolute atomic E-state index is 13.1. The number of benzene rings is 1. The second kappa shape index (κ2) is 10.5. The number of aromatic nitrogens is 3. The Morgan fingerprint density at radius 2 is 1.78 bits per heavy atom. The molecule has 1 aromatic carbocycles. The van der Waals surface area contributed by atoms with Crippen molar-refractivity contribution < 1.29 is 27.5 Å². The summed E-state index contributed by atoms with van der Waals surface area (Å²) in [5.74, 6) is -0.254. The predicted molar refractivity (Wildman–Crippen MR) is 127 cm³/mol. The molecular weight excluding hydrogens is 473 g/mol. The molecular formula is C26H27F3N4O3. The van der Waals surface area contributed by atoms with Crippen LogP contribution in [0.2, 0.25) is 0 Å². The van der Waals surface area contributed by atoms with Gasteiger partial charge in [0.2, 0.25) is 0 Å². The van der Waals surface area contributed by atoms with E-state index in [1.54, 1.807) is 12.1 Å². The highest BCUT2D eigenvalue weighted by Gasteiger charge is 2.39. The molecule has 1 aliphatic carbocycles. The number of carbonyl (C=O) groups is 2. The molecule has 0 saturated heterocycles. The maximum Gasteiger partial charge on any atom is 0.435 e. The maximum atomic E-state index is 13.1. The third kappa shape index (κ3) is 6.10. The minimum absolute atomic E-state index is 0.235. The first kappa shape index (κ1) is 25.4. The molecule has 3 aromatic rings. The topological polar surface area (TPSA) is 86.1 Å². The van der Waals surface area contributed by atoms with Gasteiger partial charge in [0.15, 0.2) is 5.69 Å². The molecule has 0 bridgehead atoms. The minimum atomic E-state index is -4.73. The predicted octanol–water partition coefficient (Wildman–Crippen LogP) is 5.59. The van der Waals surface area contributed by atoms with Crippen molar-refractivity contribution >= 4 is 17.6 Å². The molecule has 0 spiro atoms. The van der Waals surface area contributed by atoms with Crippen molar-refractivity contribution in [3.8, 4) is 11.3 Å². The zero-order valence-corrected chi connectivity index (χ0v) is 20.0. The zero-order chi connectivity index (χ0) is 25.9. The van der Waals surface area contributed by atoms with Crippen LogP contribution in [0.5, 0.6) is 0 Å². The summed E-state index contributed by atoms with van der Waals surface area (Å²) >= 11 is 0. The summed E-state index contributed by atoms with van der Waals surface area (Å²) in [5.41, 5.74) is 1.33. The van der Waals surface area contributed by atoms with Crippen molar-refractivity contribution in [1.82, 2.24) is 14.8 Å². The molecule has 4 rings (SSSR count). The molecule has 1 aliphatic rings. The average molecular weight is 501 g/mol. The van der Waals surface area contributed by atoms with Crippen molar-refractivity contribution in [2.75, 3.05) is 11.9 Å². The van der Waals surface area contributed by atoms with Gasteiger partial charge in [-0.25, -0.2) is 0 Å². The van der Waals surface area contributed by atoms with Gasteiger partial charge in [-0.15, -0.1) is 0 Å². The Kier molecular flexibility index (Phi) is 7.42. The highest BCUT2D eigenvalue weighted by molar-refractivity contribution is 6.05. The van der Waals surface area contributed by atoms with E-state index in [9.17, 15) is 22.8 Å². The van der Waals surface area contributed by atoms with Crippen LogP contribution in [-0.2, 0) is 22.8 Å².